The summed E-state index contributed by atoms with van der Waals surface area (Å²) in [7, 11) is -4.00. The van der Waals surface area contributed by atoms with Gasteiger partial charge in [0, 0.05) is 26.1 Å². The van der Waals surface area contributed by atoms with Crippen LogP contribution >= 0.6 is 0 Å². The molecule has 0 aromatic heterocycles. The second kappa shape index (κ2) is 7.54. The highest BCUT2D eigenvalue weighted by Crippen LogP contribution is 2.14. The quantitative estimate of drug-likeness (QED) is 0.856. The van der Waals surface area contributed by atoms with Gasteiger partial charge in [-0.2, -0.15) is 0 Å². The summed E-state index contributed by atoms with van der Waals surface area (Å²) in [5.74, 6) is -2.56. The van der Waals surface area contributed by atoms with E-state index in [0.29, 0.717) is 19.2 Å². The Morgan fingerprint density at radius 2 is 1.88 bits per heavy atom. The van der Waals surface area contributed by atoms with Crippen LogP contribution in [0.5, 0.6) is 0 Å². The van der Waals surface area contributed by atoms with Gasteiger partial charge in [-0.1, -0.05) is 0 Å². The van der Waals surface area contributed by atoms with Gasteiger partial charge in [0.1, 0.15) is 0 Å². The Bertz CT molecular complexity index is 701. The van der Waals surface area contributed by atoms with Crippen LogP contribution in [-0.4, -0.2) is 51.1 Å². The maximum atomic E-state index is 13.1. The number of nitrogens with zero attached hydrogens (tertiary/aromatic N) is 1. The minimum Gasteiger partial charge on any atom is -0.372 e. The van der Waals surface area contributed by atoms with Crippen LogP contribution in [0.3, 0.4) is 0 Å². The summed E-state index contributed by atoms with van der Waals surface area (Å²) >= 11 is 0. The molecule has 0 saturated carbocycles. The van der Waals surface area contributed by atoms with Gasteiger partial charge in [-0.15, -0.1) is 0 Å². The predicted molar refractivity (Wildman–Crippen MR) is 82.8 cm³/mol. The average molecular weight is 362 g/mol. The number of carbonyl (C=O) groups is 1. The molecule has 1 aliphatic rings. The summed E-state index contributed by atoms with van der Waals surface area (Å²) in [6.45, 7) is 4.52. The topological polar surface area (TPSA) is 75.7 Å². The number of nitrogens with one attached hydrogen (secondary N) is 1. The Hall–Kier alpha value is -1.58. The second-order valence-corrected chi connectivity index (χ2v) is 7.55. The van der Waals surface area contributed by atoms with Crippen LogP contribution in [0.4, 0.5) is 8.78 Å². The van der Waals surface area contributed by atoms with Gasteiger partial charge in [0.15, 0.2) is 11.6 Å². The van der Waals surface area contributed by atoms with Gasteiger partial charge in [0.05, 0.1) is 17.1 Å². The molecule has 1 saturated heterocycles. The fraction of sp³-hybridized carbons (Fsp3) is 0.533. The molecule has 6 nitrogen and oxygen atoms in total. The molecule has 1 aromatic rings. The van der Waals surface area contributed by atoms with E-state index < -0.39 is 21.7 Å². The molecule has 134 valence electrons. The van der Waals surface area contributed by atoms with E-state index in [-0.39, 0.29) is 36.0 Å². The number of hydrogen-bond donors (Lipinski definition) is 1. The maximum Gasteiger partial charge on any atom is 0.240 e. The summed E-state index contributed by atoms with van der Waals surface area (Å²) in [5, 5.41) is 0. The smallest absolute Gasteiger partial charge is 0.240 e. The molecular weight excluding hydrogens is 342 g/mol. The molecule has 0 radical (unpaired) electrons. The van der Waals surface area contributed by atoms with Crippen LogP contribution in [0.1, 0.15) is 20.3 Å². The normalized spacial score (nSPS) is 21.8. The Morgan fingerprint density at radius 1 is 1.25 bits per heavy atom. The third-order valence-electron chi connectivity index (χ3n) is 3.60. The molecule has 2 atom stereocenters. The van der Waals surface area contributed by atoms with E-state index in [9.17, 15) is 22.0 Å². The van der Waals surface area contributed by atoms with Crippen LogP contribution in [0.2, 0.25) is 0 Å². The number of rotatable bonds is 5. The monoisotopic (exact) mass is 362 g/mol. The first kappa shape index (κ1) is 18.8. The number of ether oxygens (including phenoxy) is 1. The third-order valence-corrected chi connectivity index (χ3v) is 5.06. The molecule has 1 heterocycles. The molecular formula is C15H20F2N2O4S. The van der Waals surface area contributed by atoms with Gasteiger partial charge < -0.3 is 9.64 Å². The highest BCUT2D eigenvalue weighted by molar-refractivity contribution is 7.89. The first-order valence-corrected chi connectivity index (χ1v) is 9.05. The number of benzene rings is 1. The van der Waals surface area contributed by atoms with Crippen molar-refractivity contribution in [3.05, 3.63) is 29.8 Å². The fourth-order valence-corrected chi connectivity index (χ4v) is 3.60. The maximum absolute atomic E-state index is 13.1. The van der Waals surface area contributed by atoms with Crippen molar-refractivity contribution >= 4 is 15.9 Å². The minimum absolute atomic E-state index is 0.0254. The summed E-state index contributed by atoms with van der Waals surface area (Å²) in [5.41, 5.74) is 0. The summed E-state index contributed by atoms with van der Waals surface area (Å²) in [6.07, 6.45) is -0.171. The van der Waals surface area contributed by atoms with E-state index in [1.54, 1.807) is 4.90 Å². The van der Waals surface area contributed by atoms with Gasteiger partial charge in [-0.3, -0.25) is 4.79 Å². The van der Waals surface area contributed by atoms with Crippen LogP contribution in [0, 0.1) is 11.6 Å². The molecule has 0 spiro atoms. The molecule has 1 fully saturated rings. The molecule has 2 rings (SSSR count). The number of hydrogen-bond acceptors (Lipinski definition) is 4. The largest absolute Gasteiger partial charge is 0.372 e. The summed E-state index contributed by atoms with van der Waals surface area (Å²) < 4.78 is 57.8. The number of sulfonamides is 1. The summed E-state index contributed by atoms with van der Waals surface area (Å²) in [4.78, 5) is 13.4. The number of morpholine rings is 1. The van der Waals surface area contributed by atoms with Gasteiger partial charge in [0.2, 0.25) is 15.9 Å². The van der Waals surface area contributed by atoms with Gasteiger partial charge in [-0.05, 0) is 32.0 Å². The van der Waals surface area contributed by atoms with Crippen LogP contribution in [-0.2, 0) is 19.6 Å². The predicted octanol–water partition coefficient (Wildman–Crippen LogP) is 1.27. The minimum atomic E-state index is -4.00. The number of carbonyl (C=O) groups excluding carboxylic acids is 1. The van der Waals surface area contributed by atoms with Crippen molar-refractivity contribution in [1.29, 1.82) is 0 Å². The first-order valence-electron chi connectivity index (χ1n) is 7.57. The van der Waals surface area contributed by atoms with Gasteiger partial charge in [0.25, 0.3) is 0 Å². The second-order valence-electron chi connectivity index (χ2n) is 5.78. The molecule has 1 amide bonds. The first-order chi connectivity index (χ1) is 11.2. The van der Waals surface area contributed by atoms with Crippen molar-refractivity contribution in [2.24, 2.45) is 0 Å². The molecule has 1 N–H and O–H groups in total. The van der Waals surface area contributed by atoms with E-state index in [2.05, 4.69) is 4.72 Å². The van der Waals surface area contributed by atoms with Crippen LogP contribution < -0.4 is 4.72 Å². The lowest BCUT2D eigenvalue weighted by molar-refractivity contribution is -0.143. The Morgan fingerprint density at radius 3 is 2.46 bits per heavy atom. The standard InChI is InChI=1S/C15H20F2N2O4S/c1-10-8-19(9-11(2)23-10)15(20)5-6-18-24(21,22)12-3-4-13(16)14(17)7-12/h3-4,7,10-11,18H,5-6,8-9H2,1-2H3. The molecule has 24 heavy (non-hydrogen) atoms. The number of halogens is 2. The highest BCUT2D eigenvalue weighted by Gasteiger charge is 2.26. The molecule has 1 aliphatic heterocycles. The Labute approximate surface area is 139 Å². The van der Waals surface area contributed by atoms with E-state index in [1.807, 2.05) is 13.8 Å². The molecule has 0 aliphatic carbocycles. The van der Waals surface area contributed by atoms with Crippen LogP contribution in [0.25, 0.3) is 0 Å². The molecule has 2 unspecified atom stereocenters. The van der Waals surface area contributed by atoms with Crippen molar-refractivity contribution in [1.82, 2.24) is 9.62 Å². The van der Waals surface area contributed by atoms with E-state index in [0.717, 1.165) is 12.1 Å². The lowest BCUT2D eigenvalue weighted by atomic mass is 10.2. The zero-order valence-corrected chi connectivity index (χ0v) is 14.3. The Kier molecular flexibility index (Phi) is 5.89. The van der Waals surface area contributed by atoms with Crippen molar-refractivity contribution in [3.63, 3.8) is 0 Å². The fourth-order valence-electron chi connectivity index (χ4n) is 2.56. The van der Waals surface area contributed by atoms with E-state index in [4.69, 9.17) is 4.74 Å². The Balaban J connectivity index is 1.90. The molecule has 0 bridgehead atoms. The third kappa shape index (κ3) is 4.71. The van der Waals surface area contributed by atoms with Crippen molar-refractivity contribution in [2.45, 2.75) is 37.4 Å². The van der Waals surface area contributed by atoms with E-state index in [1.165, 1.54) is 0 Å². The molecule has 9 heteroatoms. The number of amides is 1. The average Bonchev–Trinajstić information content (AvgIpc) is 2.48. The lowest BCUT2D eigenvalue weighted by Crippen LogP contribution is -2.48. The van der Waals surface area contributed by atoms with Crippen molar-refractivity contribution < 1.29 is 26.7 Å². The highest BCUT2D eigenvalue weighted by atomic mass is 32.2. The van der Waals surface area contributed by atoms with Crippen molar-refractivity contribution in [3.8, 4) is 0 Å². The van der Waals surface area contributed by atoms with Crippen molar-refractivity contribution in [2.75, 3.05) is 19.6 Å². The zero-order valence-electron chi connectivity index (χ0n) is 13.5. The van der Waals surface area contributed by atoms with E-state index >= 15 is 0 Å². The van der Waals surface area contributed by atoms with Gasteiger partial charge >= 0.3 is 0 Å². The SMILES string of the molecule is CC1CN(C(=O)CCNS(=O)(=O)c2ccc(F)c(F)c2)CC(C)O1. The van der Waals surface area contributed by atoms with Gasteiger partial charge in [-0.25, -0.2) is 21.9 Å². The molecule has 1 aromatic carbocycles. The lowest BCUT2D eigenvalue weighted by Gasteiger charge is -2.35. The van der Waals surface area contributed by atoms with Crippen LogP contribution in [0.15, 0.2) is 23.1 Å². The zero-order chi connectivity index (χ0) is 17.9. The summed E-state index contributed by atoms with van der Waals surface area (Å²) in [6, 6.07) is 2.31.